The number of fused-ring (bicyclic) bond motifs is 12. The fraction of sp³-hybridized carbons (Fsp3) is 0. The Kier molecular flexibility index (Phi) is 15.7. The Morgan fingerprint density at radius 2 is 0.481 bits per heavy atom. The van der Waals surface area contributed by atoms with Crippen LogP contribution in [-0.2, 0) is 0 Å². The van der Waals surface area contributed by atoms with Crippen molar-refractivity contribution in [2.45, 2.75) is 0 Å². The molecule has 0 radical (unpaired) electrons. The molecule has 0 spiro atoms. The molecule has 0 saturated carbocycles. The zero-order valence-corrected chi connectivity index (χ0v) is 58.3. The summed E-state index contributed by atoms with van der Waals surface area (Å²) in [6.45, 7) is 0. The zero-order valence-electron chi connectivity index (χ0n) is 58.3. The number of hydrogen-bond acceptors (Lipinski definition) is 8. The molecule has 8 nitrogen and oxygen atoms in total. The molecule has 0 fully saturated rings. The van der Waals surface area contributed by atoms with Crippen LogP contribution in [-0.4, -0.2) is 29.9 Å². The van der Waals surface area contributed by atoms with Crippen molar-refractivity contribution in [3.05, 3.63) is 376 Å². The van der Waals surface area contributed by atoms with Crippen molar-refractivity contribution in [3.63, 3.8) is 0 Å². The number of pyridine rings is 2. The molecule has 6 aromatic heterocycles. The molecule has 21 rings (SSSR count). The molecule has 0 bridgehead atoms. The molecule has 0 N–H and O–H groups in total. The van der Waals surface area contributed by atoms with Crippen molar-refractivity contribution in [2.75, 3.05) is 0 Å². The Bertz CT molecular complexity index is 6940. The van der Waals surface area contributed by atoms with Crippen LogP contribution in [0.2, 0.25) is 0 Å². The van der Waals surface area contributed by atoms with Crippen LogP contribution in [0.4, 0.5) is 0 Å². The number of benzene rings is 15. The summed E-state index contributed by atoms with van der Waals surface area (Å²) in [5.74, 6) is 1.38. The van der Waals surface area contributed by atoms with E-state index in [9.17, 15) is 0 Å². The highest BCUT2D eigenvalue weighted by atomic mass is 16.3. The largest absolute Gasteiger partial charge is 0.455 e. The molecule has 6 heterocycles. The maximum Gasteiger partial charge on any atom is 0.160 e. The number of para-hydroxylation sites is 2. The Morgan fingerprint density at radius 3 is 0.907 bits per heavy atom. The summed E-state index contributed by atoms with van der Waals surface area (Å²) in [5, 5.41) is 11.0. The van der Waals surface area contributed by atoms with Gasteiger partial charge in [0.05, 0.1) is 56.0 Å². The fourth-order valence-electron chi connectivity index (χ4n) is 15.2. The summed E-state index contributed by atoms with van der Waals surface area (Å²) in [6, 6.07) is 130. The van der Waals surface area contributed by atoms with Gasteiger partial charge in [-0.3, -0.25) is 0 Å². The SMILES string of the molecule is c1ccc(-c2cc(-c3ccc(-c4nc5ccc(-c6cccc7ccccc67)cc5c5oc6ccccc6c45)cc3)nc(-c3ccccc3)n2)cc1.c1ccc(-c2ccc(-c3nc(-c4ccccc4)cc(-c4ccc(-c5nc6ccc(-c7cccc8ccccc78)cc6c6oc7ccccc7c56)cc4)n3)cc2)cc1. The summed E-state index contributed by atoms with van der Waals surface area (Å²) in [6.07, 6.45) is 0. The van der Waals surface area contributed by atoms with E-state index in [1.807, 2.05) is 97.1 Å². The van der Waals surface area contributed by atoms with Crippen LogP contribution in [0, 0.1) is 0 Å². The first-order valence-corrected chi connectivity index (χ1v) is 36.3. The van der Waals surface area contributed by atoms with Crippen molar-refractivity contribution in [2.24, 2.45) is 0 Å². The predicted octanol–water partition coefficient (Wildman–Crippen LogP) is 26.5. The second-order valence-corrected chi connectivity index (χ2v) is 27.2. The maximum absolute atomic E-state index is 6.69. The summed E-state index contributed by atoms with van der Waals surface area (Å²) < 4.78 is 13.3. The minimum Gasteiger partial charge on any atom is -0.455 e. The Balaban J connectivity index is 0.000000143. The monoisotopic (exact) mass is 1380 g/mol. The number of aromatic nitrogens is 6. The van der Waals surface area contributed by atoms with Crippen molar-refractivity contribution >= 4 is 87.2 Å². The summed E-state index contributed by atoms with van der Waals surface area (Å²) in [4.78, 5) is 30.9. The first-order valence-electron chi connectivity index (χ1n) is 36.3. The minimum absolute atomic E-state index is 0.681. The highest BCUT2D eigenvalue weighted by Gasteiger charge is 2.23. The molecular weight excluding hydrogens is 1320 g/mol. The first kappa shape index (κ1) is 63.1. The van der Waals surface area contributed by atoms with E-state index in [0.29, 0.717) is 11.6 Å². The number of rotatable bonds is 11. The van der Waals surface area contributed by atoms with Gasteiger partial charge < -0.3 is 8.83 Å². The topological polar surface area (TPSA) is 104 Å². The smallest absolute Gasteiger partial charge is 0.160 e. The van der Waals surface area contributed by atoms with Crippen LogP contribution in [0.5, 0.6) is 0 Å². The number of nitrogens with zero attached hydrogens (tertiary/aromatic N) is 6. The van der Waals surface area contributed by atoms with Crippen molar-refractivity contribution in [1.29, 1.82) is 0 Å². The van der Waals surface area contributed by atoms with Gasteiger partial charge >= 0.3 is 0 Å². The van der Waals surface area contributed by atoms with E-state index in [0.717, 1.165) is 161 Å². The molecule has 0 atom stereocenters. The summed E-state index contributed by atoms with van der Waals surface area (Å²) >= 11 is 0. The van der Waals surface area contributed by atoms with E-state index in [2.05, 4.69) is 279 Å². The Labute approximate surface area is 621 Å². The third-order valence-corrected chi connectivity index (χ3v) is 20.6. The lowest BCUT2D eigenvalue weighted by Crippen LogP contribution is -1.96. The third kappa shape index (κ3) is 11.6. The van der Waals surface area contributed by atoms with E-state index in [1.54, 1.807) is 0 Å². The second kappa shape index (κ2) is 26.9. The average molecular weight is 1380 g/mol. The summed E-state index contributed by atoms with van der Waals surface area (Å²) in [5.41, 5.74) is 25.4. The molecule has 0 saturated heterocycles. The van der Waals surface area contributed by atoms with Crippen molar-refractivity contribution in [3.8, 4) is 124 Å². The van der Waals surface area contributed by atoms with Gasteiger partial charge in [-0.05, 0) is 103 Å². The third-order valence-electron chi connectivity index (χ3n) is 20.6. The molecule has 504 valence electrons. The van der Waals surface area contributed by atoms with E-state index in [4.69, 9.17) is 38.7 Å². The van der Waals surface area contributed by atoms with E-state index >= 15 is 0 Å². The zero-order chi connectivity index (χ0) is 71.4. The Hall–Kier alpha value is -14.6. The second-order valence-electron chi connectivity index (χ2n) is 27.2. The van der Waals surface area contributed by atoms with E-state index < -0.39 is 0 Å². The van der Waals surface area contributed by atoms with Crippen LogP contribution >= 0.6 is 0 Å². The molecule has 0 unspecified atom stereocenters. The lowest BCUT2D eigenvalue weighted by atomic mass is 9.96. The molecule has 0 amide bonds. The van der Waals surface area contributed by atoms with E-state index in [-0.39, 0.29) is 0 Å². The average Bonchev–Trinajstić information content (AvgIpc) is 1.54. The van der Waals surface area contributed by atoms with Gasteiger partial charge in [0.2, 0.25) is 0 Å². The molecule has 15 aromatic carbocycles. The molecule has 108 heavy (non-hydrogen) atoms. The summed E-state index contributed by atoms with van der Waals surface area (Å²) in [7, 11) is 0. The molecular formula is C100H62N6O2. The molecule has 0 aliphatic carbocycles. The van der Waals surface area contributed by atoms with Crippen molar-refractivity contribution in [1.82, 2.24) is 29.9 Å². The molecule has 0 aliphatic rings. The highest BCUT2D eigenvalue weighted by molar-refractivity contribution is 6.21. The van der Waals surface area contributed by atoms with Gasteiger partial charge in [0, 0.05) is 66.1 Å². The first-order chi connectivity index (χ1) is 53.5. The van der Waals surface area contributed by atoms with Gasteiger partial charge in [-0.1, -0.05) is 328 Å². The minimum atomic E-state index is 0.681. The van der Waals surface area contributed by atoms with Gasteiger partial charge in [-0.2, -0.15) is 0 Å². The van der Waals surface area contributed by atoms with Crippen LogP contribution in [0.1, 0.15) is 0 Å². The molecule has 0 aliphatic heterocycles. The molecule has 21 aromatic rings. The quantitative estimate of drug-likeness (QED) is 0.126. The predicted molar refractivity (Wildman–Crippen MR) is 444 cm³/mol. The standard InChI is InChI=1S/C53H33N3O.C47H29N3O/c1-3-12-34(13-4-1)35-22-28-40(29-23-35)53-55-47(37-15-5-2-6-16-37)33-48(56-53)38-24-26-39(27-25-38)51-50-44-19-9-10-21-49(44)57-52(50)45-32-41(30-31-46(45)54-51)43-20-11-17-36-14-7-8-18-42(36)43;1-3-13-31(14-4-1)41-29-42(50-47(49-41)34-15-5-2-6-16-34)32-22-24-33(25-23-32)45-44-38-19-9-10-21-43(38)51-46(44)39-28-35(26-27-40(39)48-45)37-20-11-17-30-12-7-8-18-36(30)37/h1-33H;1-29H. The normalized spacial score (nSPS) is 11.5. The number of furan rings is 2. The van der Waals surface area contributed by atoms with Gasteiger partial charge in [-0.25, -0.2) is 29.9 Å². The van der Waals surface area contributed by atoms with Gasteiger partial charge in [0.25, 0.3) is 0 Å². The van der Waals surface area contributed by atoms with Gasteiger partial charge in [0.1, 0.15) is 22.3 Å². The van der Waals surface area contributed by atoms with Crippen LogP contribution in [0.25, 0.3) is 211 Å². The lowest BCUT2D eigenvalue weighted by Gasteiger charge is -2.12. The Morgan fingerprint density at radius 1 is 0.185 bits per heavy atom. The van der Waals surface area contributed by atoms with Crippen molar-refractivity contribution < 1.29 is 8.83 Å². The molecule has 8 heteroatoms. The van der Waals surface area contributed by atoms with Crippen LogP contribution in [0.15, 0.2) is 385 Å². The van der Waals surface area contributed by atoms with Crippen LogP contribution in [0.3, 0.4) is 0 Å². The number of hydrogen-bond donors (Lipinski definition) is 0. The van der Waals surface area contributed by atoms with E-state index in [1.165, 1.54) is 38.2 Å². The lowest BCUT2D eigenvalue weighted by molar-refractivity contribution is 0.672. The van der Waals surface area contributed by atoms with Gasteiger partial charge in [0.15, 0.2) is 11.6 Å². The van der Waals surface area contributed by atoms with Gasteiger partial charge in [-0.15, -0.1) is 0 Å². The van der Waals surface area contributed by atoms with Crippen LogP contribution < -0.4 is 0 Å². The highest BCUT2D eigenvalue weighted by Crippen LogP contribution is 2.45. The fourth-order valence-corrected chi connectivity index (χ4v) is 15.2. The maximum atomic E-state index is 6.69.